The number of aryl methyl sites for hydroxylation is 1. The van der Waals surface area contributed by atoms with E-state index in [4.69, 9.17) is 0 Å². The van der Waals surface area contributed by atoms with E-state index in [0.717, 1.165) is 41.5 Å². The summed E-state index contributed by atoms with van der Waals surface area (Å²) in [6.07, 6.45) is 3.84. The van der Waals surface area contributed by atoms with Crippen LogP contribution in [0.2, 0.25) is 0 Å². The number of piperidine rings is 1. The summed E-state index contributed by atoms with van der Waals surface area (Å²) in [6.45, 7) is 1.41. The van der Waals surface area contributed by atoms with Crippen molar-refractivity contribution in [3.05, 3.63) is 50.6 Å². The average molecular weight is 405 g/mol. The molecule has 7 heteroatoms. The molecule has 2 aliphatic rings. The summed E-state index contributed by atoms with van der Waals surface area (Å²) >= 11 is 3.39. The van der Waals surface area contributed by atoms with Crippen LogP contribution in [0, 0.1) is 0 Å². The summed E-state index contributed by atoms with van der Waals surface area (Å²) in [5, 5.41) is 4.49. The number of likely N-dealkylation sites (tertiary alicyclic amines) is 1. The van der Waals surface area contributed by atoms with E-state index < -0.39 is 0 Å². The van der Waals surface area contributed by atoms with Gasteiger partial charge in [-0.1, -0.05) is 15.9 Å². The van der Waals surface area contributed by atoms with E-state index in [-0.39, 0.29) is 17.5 Å². The molecule has 132 valence electrons. The summed E-state index contributed by atoms with van der Waals surface area (Å²) in [4.78, 5) is 26.8. The summed E-state index contributed by atoms with van der Waals surface area (Å²) in [5.74, 6) is 1.24. The van der Waals surface area contributed by atoms with Gasteiger partial charge in [-0.15, -0.1) is 0 Å². The highest BCUT2D eigenvalue weighted by Gasteiger charge is 2.34. The zero-order valence-electron chi connectivity index (χ0n) is 14.2. The smallest absolute Gasteiger partial charge is 0.339 e. The Morgan fingerprint density at radius 2 is 1.76 bits per heavy atom. The van der Waals surface area contributed by atoms with Crippen molar-refractivity contribution < 1.29 is 4.79 Å². The maximum Gasteiger partial charge on any atom is 0.345 e. The number of hydrogen-bond donors (Lipinski definition) is 0. The molecule has 1 aromatic carbocycles. The molecule has 0 N–H and O–H groups in total. The predicted molar refractivity (Wildman–Crippen MR) is 97.8 cm³/mol. The maximum absolute atomic E-state index is 12.6. The highest BCUT2D eigenvalue weighted by molar-refractivity contribution is 9.10. The standard InChI is InChI=1S/C18H21BrN4O2/c1-21-18(25)23(15-6-7-15)16(20-21)12-8-10-22(11-9-12)17(24)13-2-4-14(19)5-3-13/h2-5,12,15H,6-11H2,1H3. The van der Waals surface area contributed by atoms with Crippen molar-refractivity contribution >= 4 is 21.8 Å². The van der Waals surface area contributed by atoms with Crippen LogP contribution in [0.1, 0.15) is 53.8 Å². The molecule has 6 nitrogen and oxygen atoms in total. The van der Waals surface area contributed by atoms with Crippen LogP contribution in [0.25, 0.3) is 0 Å². The molecule has 25 heavy (non-hydrogen) atoms. The lowest BCUT2D eigenvalue weighted by atomic mass is 9.95. The lowest BCUT2D eigenvalue weighted by molar-refractivity contribution is 0.0710. The van der Waals surface area contributed by atoms with Gasteiger partial charge in [-0.2, -0.15) is 5.10 Å². The molecule has 0 unspecified atom stereocenters. The van der Waals surface area contributed by atoms with Gasteiger partial charge >= 0.3 is 5.69 Å². The number of hydrogen-bond acceptors (Lipinski definition) is 3. The number of benzene rings is 1. The molecular weight excluding hydrogens is 384 g/mol. The highest BCUT2D eigenvalue weighted by atomic mass is 79.9. The Morgan fingerprint density at radius 1 is 1.12 bits per heavy atom. The van der Waals surface area contributed by atoms with Gasteiger partial charge in [0, 0.05) is 42.1 Å². The molecule has 0 atom stereocenters. The number of aromatic nitrogens is 3. The minimum absolute atomic E-state index is 0.00846. The van der Waals surface area contributed by atoms with Gasteiger partial charge < -0.3 is 4.90 Å². The minimum atomic E-state index is -0.00846. The van der Waals surface area contributed by atoms with Crippen LogP contribution in [0.15, 0.2) is 33.5 Å². The topological polar surface area (TPSA) is 60.1 Å². The Bertz CT molecular complexity index is 843. The highest BCUT2D eigenvalue weighted by Crippen LogP contribution is 2.37. The van der Waals surface area contributed by atoms with Gasteiger partial charge in [0.1, 0.15) is 5.82 Å². The van der Waals surface area contributed by atoms with E-state index in [1.807, 2.05) is 33.7 Å². The average Bonchev–Trinajstić information content (AvgIpc) is 3.41. The Hall–Kier alpha value is -1.89. The molecule has 0 bridgehead atoms. The van der Waals surface area contributed by atoms with Crippen LogP contribution in [0.3, 0.4) is 0 Å². The Kier molecular flexibility index (Phi) is 4.27. The zero-order chi connectivity index (χ0) is 17.6. The second-order valence-electron chi connectivity index (χ2n) is 6.94. The summed E-state index contributed by atoms with van der Waals surface area (Å²) in [5.41, 5.74) is 0.709. The van der Waals surface area contributed by atoms with E-state index >= 15 is 0 Å². The van der Waals surface area contributed by atoms with Crippen molar-refractivity contribution in [2.24, 2.45) is 7.05 Å². The van der Waals surface area contributed by atoms with Gasteiger partial charge in [0.05, 0.1) is 0 Å². The second kappa shape index (κ2) is 6.44. The molecule has 1 amide bonds. The van der Waals surface area contributed by atoms with Crippen molar-refractivity contribution in [1.29, 1.82) is 0 Å². The first-order valence-electron chi connectivity index (χ1n) is 8.75. The summed E-state index contributed by atoms with van der Waals surface area (Å²) in [6, 6.07) is 7.81. The summed E-state index contributed by atoms with van der Waals surface area (Å²) in [7, 11) is 1.72. The fourth-order valence-corrected chi connectivity index (χ4v) is 3.83. The molecule has 1 saturated carbocycles. The quantitative estimate of drug-likeness (QED) is 0.789. The van der Waals surface area contributed by atoms with Crippen molar-refractivity contribution in [3.63, 3.8) is 0 Å². The normalized spacial score (nSPS) is 18.6. The van der Waals surface area contributed by atoms with Crippen LogP contribution >= 0.6 is 15.9 Å². The fourth-order valence-electron chi connectivity index (χ4n) is 3.57. The van der Waals surface area contributed by atoms with Gasteiger partial charge in [-0.3, -0.25) is 9.36 Å². The lowest BCUT2D eigenvalue weighted by Gasteiger charge is -2.31. The SMILES string of the molecule is Cn1nc(C2CCN(C(=O)c3ccc(Br)cc3)CC2)n(C2CC2)c1=O. The second-order valence-corrected chi connectivity index (χ2v) is 7.85. The third-order valence-corrected chi connectivity index (χ3v) is 5.66. The number of carbonyl (C=O) groups is 1. The predicted octanol–water partition coefficient (Wildman–Crippen LogP) is 2.70. The van der Waals surface area contributed by atoms with Gasteiger partial charge in [0.15, 0.2) is 0 Å². The first-order chi connectivity index (χ1) is 12.0. The molecule has 1 aliphatic heterocycles. The van der Waals surface area contributed by atoms with E-state index in [0.29, 0.717) is 19.1 Å². The maximum atomic E-state index is 12.6. The third kappa shape index (κ3) is 3.17. The third-order valence-electron chi connectivity index (χ3n) is 5.13. The van der Waals surface area contributed by atoms with Gasteiger partial charge in [-0.25, -0.2) is 9.48 Å². The van der Waals surface area contributed by atoms with Crippen LogP contribution in [-0.2, 0) is 7.05 Å². The molecule has 1 saturated heterocycles. The zero-order valence-corrected chi connectivity index (χ0v) is 15.8. The number of amides is 1. The van der Waals surface area contributed by atoms with Crippen LogP contribution in [0.4, 0.5) is 0 Å². The Labute approximate surface area is 154 Å². The molecule has 0 radical (unpaired) electrons. The molecule has 1 aliphatic carbocycles. The van der Waals surface area contributed by atoms with E-state index in [1.54, 1.807) is 7.05 Å². The van der Waals surface area contributed by atoms with Crippen molar-refractivity contribution in [3.8, 4) is 0 Å². The Balaban J connectivity index is 1.47. The molecule has 2 heterocycles. The van der Waals surface area contributed by atoms with Crippen LogP contribution < -0.4 is 5.69 Å². The largest absolute Gasteiger partial charge is 0.345 e. The number of rotatable bonds is 3. The molecule has 2 fully saturated rings. The van der Waals surface area contributed by atoms with E-state index in [2.05, 4.69) is 21.0 Å². The van der Waals surface area contributed by atoms with E-state index in [1.165, 1.54) is 4.68 Å². The molecule has 0 spiro atoms. The molecule has 2 aromatic rings. The minimum Gasteiger partial charge on any atom is -0.339 e. The monoisotopic (exact) mass is 404 g/mol. The van der Waals surface area contributed by atoms with Crippen LogP contribution in [0.5, 0.6) is 0 Å². The van der Waals surface area contributed by atoms with Crippen LogP contribution in [-0.4, -0.2) is 38.2 Å². The van der Waals surface area contributed by atoms with Crippen molar-refractivity contribution in [1.82, 2.24) is 19.2 Å². The van der Waals surface area contributed by atoms with Crippen molar-refractivity contribution in [2.45, 2.75) is 37.6 Å². The van der Waals surface area contributed by atoms with Gasteiger partial charge in [0.25, 0.3) is 5.91 Å². The molecule has 1 aromatic heterocycles. The van der Waals surface area contributed by atoms with E-state index in [9.17, 15) is 9.59 Å². The number of halogens is 1. The molecule has 4 rings (SSSR count). The first kappa shape index (κ1) is 16.6. The summed E-state index contributed by atoms with van der Waals surface area (Å²) < 4.78 is 4.31. The van der Waals surface area contributed by atoms with Gasteiger partial charge in [0.2, 0.25) is 0 Å². The Morgan fingerprint density at radius 3 is 2.36 bits per heavy atom. The fraction of sp³-hybridized carbons (Fsp3) is 0.500. The van der Waals surface area contributed by atoms with Gasteiger partial charge in [-0.05, 0) is 49.9 Å². The molecular formula is C18H21BrN4O2. The first-order valence-corrected chi connectivity index (χ1v) is 9.54. The lowest BCUT2D eigenvalue weighted by Crippen LogP contribution is -2.38. The van der Waals surface area contributed by atoms with Crippen molar-refractivity contribution in [2.75, 3.05) is 13.1 Å². The number of nitrogens with zero attached hydrogens (tertiary/aromatic N) is 4. The number of carbonyl (C=O) groups excluding carboxylic acids is 1.